The smallest absolute Gasteiger partial charge is 0.168 e. The molecule has 0 spiro atoms. The molecule has 1 unspecified atom stereocenters. The summed E-state index contributed by atoms with van der Waals surface area (Å²) in [6.45, 7) is 4.06. The number of rotatable bonds is 4. The third-order valence-corrected chi connectivity index (χ3v) is 2.16. The molecule has 72 valence electrons. The van der Waals surface area contributed by atoms with Gasteiger partial charge in [-0.2, -0.15) is 5.10 Å². The summed E-state index contributed by atoms with van der Waals surface area (Å²) in [4.78, 5) is 11.7. The summed E-state index contributed by atoms with van der Waals surface area (Å²) < 4.78 is 1.66. The molecule has 1 aromatic rings. The maximum absolute atomic E-state index is 11.7. The highest BCUT2D eigenvalue weighted by Gasteiger charge is 2.15. The Morgan fingerprint density at radius 1 is 1.69 bits per heavy atom. The average Bonchev–Trinajstić information content (AvgIpc) is 2.51. The second-order valence-corrected chi connectivity index (χ2v) is 3.46. The highest BCUT2D eigenvalue weighted by Crippen LogP contribution is 2.12. The van der Waals surface area contributed by atoms with Gasteiger partial charge in [-0.15, -0.1) is 0 Å². The molecular weight excluding hydrogens is 164 g/mol. The van der Waals surface area contributed by atoms with Crippen molar-refractivity contribution in [1.29, 1.82) is 0 Å². The van der Waals surface area contributed by atoms with Crippen LogP contribution in [0.3, 0.4) is 0 Å². The normalized spacial score (nSPS) is 12.8. The molecule has 0 amide bonds. The predicted molar refractivity (Wildman–Crippen MR) is 51.6 cm³/mol. The van der Waals surface area contributed by atoms with Crippen LogP contribution in [0.2, 0.25) is 0 Å². The molecule has 0 aliphatic heterocycles. The Hall–Kier alpha value is -1.12. The Bertz CT molecular complexity index is 291. The van der Waals surface area contributed by atoms with Gasteiger partial charge >= 0.3 is 0 Å². The van der Waals surface area contributed by atoms with Crippen molar-refractivity contribution in [2.24, 2.45) is 13.0 Å². The minimum Gasteiger partial charge on any atom is -0.294 e. The maximum atomic E-state index is 11.7. The number of ketones is 1. The fraction of sp³-hybridized carbons (Fsp3) is 0.600. The zero-order valence-corrected chi connectivity index (χ0v) is 8.45. The second kappa shape index (κ2) is 4.21. The predicted octanol–water partition coefficient (Wildman–Crippen LogP) is 2.04. The zero-order valence-electron chi connectivity index (χ0n) is 8.45. The maximum Gasteiger partial charge on any atom is 0.168 e. The Morgan fingerprint density at radius 2 is 2.38 bits per heavy atom. The molecule has 3 nitrogen and oxygen atoms in total. The molecule has 3 heteroatoms. The molecule has 1 heterocycles. The van der Waals surface area contributed by atoms with Crippen molar-refractivity contribution in [3.8, 4) is 0 Å². The number of aryl methyl sites for hydroxylation is 1. The monoisotopic (exact) mass is 180 g/mol. The van der Waals surface area contributed by atoms with Gasteiger partial charge in [0.05, 0.1) is 11.8 Å². The molecule has 0 aliphatic rings. The number of nitrogens with zero attached hydrogens (tertiary/aromatic N) is 2. The molecule has 1 atom stereocenters. The lowest BCUT2D eigenvalue weighted by Crippen LogP contribution is -2.10. The first-order chi connectivity index (χ1) is 6.15. The van der Waals surface area contributed by atoms with Crippen molar-refractivity contribution < 1.29 is 4.79 Å². The molecule has 0 bridgehead atoms. The first-order valence-corrected chi connectivity index (χ1v) is 4.68. The topological polar surface area (TPSA) is 34.9 Å². The molecule has 0 aliphatic carbocycles. The van der Waals surface area contributed by atoms with Crippen LogP contribution >= 0.6 is 0 Å². The summed E-state index contributed by atoms with van der Waals surface area (Å²) in [5, 5.41) is 3.98. The Morgan fingerprint density at radius 3 is 2.85 bits per heavy atom. The van der Waals surface area contributed by atoms with Crippen molar-refractivity contribution in [3.63, 3.8) is 0 Å². The Labute approximate surface area is 78.8 Å². The number of carbonyl (C=O) groups is 1. The van der Waals surface area contributed by atoms with E-state index in [1.165, 1.54) is 0 Å². The molecule has 0 saturated carbocycles. The van der Waals surface area contributed by atoms with Gasteiger partial charge in [-0.05, 0) is 6.42 Å². The van der Waals surface area contributed by atoms with Gasteiger partial charge in [0.1, 0.15) is 0 Å². The molecule has 0 aromatic carbocycles. The van der Waals surface area contributed by atoms with Gasteiger partial charge in [0.15, 0.2) is 5.78 Å². The average molecular weight is 180 g/mol. The minimum atomic E-state index is 0.120. The van der Waals surface area contributed by atoms with Crippen LogP contribution in [0.25, 0.3) is 0 Å². The molecular formula is C10H16N2O. The number of carbonyl (C=O) groups excluding carboxylic acids is 1. The number of hydrogen-bond donors (Lipinski definition) is 0. The first-order valence-electron chi connectivity index (χ1n) is 4.68. The summed E-state index contributed by atoms with van der Waals surface area (Å²) in [5.41, 5.74) is 0.725. The van der Waals surface area contributed by atoms with Crippen LogP contribution in [0.4, 0.5) is 0 Å². The van der Waals surface area contributed by atoms with Crippen molar-refractivity contribution in [2.75, 3.05) is 0 Å². The van der Waals surface area contributed by atoms with Crippen molar-refractivity contribution in [2.45, 2.75) is 26.7 Å². The van der Waals surface area contributed by atoms with Crippen LogP contribution in [-0.4, -0.2) is 15.6 Å². The standard InChI is InChI=1S/C10H16N2O/c1-4-5-8(2)10(13)9-6-11-12(3)7-9/h6-8H,4-5H2,1-3H3. The zero-order chi connectivity index (χ0) is 9.84. The highest BCUT2D eigenvalue weighted by molar-refractivity contribution is 5.97. The molecule has 13 heavy (non-hydrogen) atoms. The SMILES string of the molecule is CCCC(C)C(=O)c1cnn(C)c1. The van der Waals surface area contributed by atoms with E-state index >= 15 is 0 Å². The van der Waals surface area contributed by atoms with Gasteiger partial charge < -0.3 is 0 Å². The highest BCUT2D eigenvalue weighted by atomic mass is 16.1. The number of aromatic nitrogens is 2. The van der Waals surface area contributed by atoms with Crippen molar-refractivity contribution in [3.05, 3.63) is 18.0 Å². The van der Waals surface area contributed by atoms with E-state index < -0.39 is 0 Å². The molecule has 1 aromatic heterocycles. The van der Waals surface area contributed by atoms with Crippen LogP contribution in [0.1, 0.15) is 37.0 Å². The van der Waals surface area contributed by atoms with Gasteiger partial charge in [-0.25, -0.2) is 0 Å². The van der Waals surface area contributed by atoms with Crippen LogP contribution in [0, 0.1) is 5.92 Å². The van der Waals surface area contributed by atoms with E-state index in [0.717, 1.165) is 18.4 Å². The molecule has 0 saturated heterocycles. The largest absolute Gasteiger partial charge is 0.294 e. The lowest BCUT2D eigenvalue weighted by Gasteiger charge is -2.05. The number of hydrogen-bond acceptors (Lipinski definition) is 2. The first kappa shape index (κ1) is 9.96. The van der Waals surface area contributed by atoms with E-state index in [4.69, 9.17) is 0 Å². The quantitative estimate of drug-likeness (QED) is 0.664. The fourth-order valence-corrected chi connectivity index (χ4v) is 1.40. The van der Waals surface area contributed by atoms with E-state index in [1.54, 1.807) is 17.1 Å². The van der Waals surface area contributed by atoms with E-state index in [-0.39, 0.29) is 11.7 Å². The van der Waals surface area contributed by atoms with E-state index in [2.05, 4.69) is 12.0 Å². The van der Waals surface area contributed by atoms with Crippen molar-refractivity contribution >= 4 is 5.78 Å². The lowest BCUT2D eigenvalue weighted by atomic mass is 9.97. The summed E-state index contributed by atoms with van der Waals surface area (Å²) in [7, 11) is 1.82. The lowest BCUT2D eigenvalue weighted by molar-refractivity contribution is 0.0923. The summed E-state index contributed by atoms with van der Waals surface area (Å²) in [6.07, 6.45) is 5.41. The summed E-state index contributed by atoms with van der Waals surface area (Å²) in [6, 6.07) is 0. The van der Waals surface area contributed by atoms with Crippen LogP contribution < -0.4 is 0 Å². The van der Waals surface area contributed by atoms with Crippen LogP contribution in [0.5, 0.6) is 0 Å². The van der Waals surface area contributed by atoms with E-state index in [9.17, 15) is 4.79 Å². The summed E-state index contributed by atoms with van der Waals surface area (Å²) >= 11 is 0. The Balaban J connectivity index is 2.67. The van der Waals surface area contributed by atoms with Crippen LogP contribution in [-0.2, 0) is 7.05 Å². The Kier molecular flexibility index (Phi) is 3.23. The summed E-state index contributed by atoms with van der Waals surface area (Å²) in [5.74, 6) is 0.323. The second-order valence-electron chi connectivity index (χ2n) is 3.46. The third kappa shape index (κ3) is 2.41. The van der Waals surface area contributed by atoms with E-state index in [1.807, 2.05) is 14.0 Å². The van der Waals surface area contributed by atoms with Gasteiger partial charge in [0, 0.05) is 19.2 Å². The van der Waals surface area contributed by atoms with Gasteiger partial charge in [0.2, 0.25) is 0 Å². The van der Waals surface area contributed by atoms with Crippen LogP contribution in [0.15, 0.2) is 12.4 Å². The van der Waals surface area contributed by atoms with Crippen molar-refractivity contribution in [1.82, 2.24) is 9.78 Å². The molecule has 0 fully saturated rings. The van der Waals surface area contributed by atoms with E-state index in [0.29, 0.717) is 0 Å². The fourth-order valence-electron chi connectivity index (χ4n) is 1.40. The molecule has 1 rings (SSSR count). The third-order valence-electron chi connectivity index (χ3n) is 2.16. The molecule has 0 N–H and O–H groups in total. The molecule has 0 radical (unpaired) electrons. The van der Waals surface area contributed by atoms with Gasteiger partial charge in [0.25, 0.3) is 0 Å². The number of Topliss-reactive ketones (excluding diaryl/α,β-unsaturated/α-hetero) is 1. The van der Waals surface area contributed by atoms with Gasteiger partial charge in [-0.1, -0.05) is 20.3 Å². The van der Waals surface area contributed by atoms with Gasteiger partial charge in [-0.3, -0.25) is 9.48 Å². The minimum absolute atomic E-state index is 0.120.